The Kier molecular flexibility index (Phi) is 6.97. The predicted octanol–water partition coefficient (Wildman–Crippen LogP) is 2.24. The predicted molar refractivity (Wildman–Crippen MR) is 98.3 cm³/mol. The zero-order chi connectivity index (χ0) is 19.2. The number of nitrogens with one attached hydrogen (secondary N) is 3. The maximum absolute atomic E-state index is 12.4. The van der Waals surface area contributed by atoms with Gasteiger partial charge < -0.3 is 21.7 Å². The van der Waals surface area contributed by atoms with Crippen LogP contribution in [0.1, 0.15) is 51.4 Å². The molecular weight excluding hydrogens is 320 g/mol. The summed E-state index contributed by atoms with van der Waals surface area (Å²) in [5.74, 6) is -0.762. The van der Waals surface area contributed by atoms with E-state index in [1.54, 1.807) is 31.2 Å². The number of urea groups is 1. The molecule has 0 saturated carbocycles. The molecule has 4 amide bonds. The van der Waals surface area contributed by atoms with Crippen molar-refractivity contribution in [1.29, 1.82) is 0 Å². The second kappa shape index (κ2) is 8.50. The van der Waals surface area contributed by atoms with Crippen LogP contribution in [0.3, 0.4) is 0 Å². The largest absolute Gasteiger partial charge is 0.368 e. The molecule has 0 saturated heterocycles. The van der Waals surface area contributed by atoms with Crippen LogP contribution in [-0.4, -0.2) is 29.4 Å². The molecule has 0 fully saturated rings. The van der Waals surface area contributed by atoms with Crippen LogP contribution in [0, 0.1) is 5.92 Å². The smallest absolute Gasteiger partial charge is 0.319 e. The van der Waals surface area contributed by atoms with Gasteiger partial charge in [0.05, 0.1) is 0 Å². The van der Waals surface area contributed by atoms with Crippen LogP contribution in [0.25, 0.3) is 0 Å². The maximum atomic E-state index is 12.4. The molecule has 0 aromatic heterocycles. The van der Waals surface area contributed by atoms with Crippen LogP contribution >= 0.6 is 0 Å². The van der Waals surface area contributed by atoms with E-state index in [1.807, 2.05) is 27.7 Å². The van der Waals surface area contributed by atoms with Crippen molar-refractivity contribution in [1.82, 2.24) is 10.6 Å². The van der Waals surface area contributed by atoms with Gasteiger partial charge in [0.25, 0.3) is 5.91 Å². The molecule has 1 aromatic rings. The number of anilines is 1. The van der Waals surface area contributed by atoms with Crippen molar-refractivity contribution in [3.63, 3.8) is 0 Å². The van der Waals surface area contributed by atoms with E-state index in [0.29, 0.717) is 17.7 Å². The van der Waals surface area contributed by atoms with E-state index in [0.717, 1.165) is 0 Å². The molecule has 0 bridgehead atoms. The number of carbonyl (C=O) groups excluding carboxylic acids is 3. The lowest BCUT2D eigenvalue weighted by molar-refractivity contribution is -0.124. The molecule has 1 aromatic carbocycles. The number of carbonyl (C=O) groups is 3. The van der Waals surface area contributed by atoms with E-state index < -0.39 is 11.4 Å². The van der Waals surface area contributed by atoms with Gasteiger partial charge in [-0.25, -0.2) is 4.79 Å². The van der Waals surface area contributed by atoms with E-state index >= 15 is 0 Å². The summed E-state index contributed by atoms with van der Waals surface area (Å²) in [6, 6.07) is 6.12. The molecule has 1 unspecified atom stereocenters. The highest BCUT2D eigenvalue weighted by atomic mass is 16.2. The molecule has 0 spiro atoms. The lowest BCUT2D eigenvalue weighted by Gasteiger charge is -2.29. The third-order valence-corrected chi connectivity index (χ3v) is 3.57. The first-order valence-corrected chi connectivity index (χ1v) is 8.33. The summed E-state index contributed by atoms with van der Waals surface area (Å²) in [5.41, 5.74) is 5.29. The van der Waals surface area contributed by atoms with E-state index in [4.69, 9.17) is 5.73 Å². The van der Waals surface area contributed by atoms with Gasteiger partial charge in [-0.15, -0.1) is 0 Å². The van der Waals surface area contributed by atoms with Gasteiger partial charge in [0, 0.05) is 17.3 Å². The van der Waals surface area contributed by atoms with Crippen molar-refractivity contribution in [3.05, 3.63) is 29.8 Å². The Labute approximate surface area is 148 Å². The van der Waals surface area contributed by atoms with Crippen molar-refractivity contribution < 1.29 is 14.4 Å². The van der Waals surface area contributed by atoms with Gasteiger partial charge in [-0.1, -0.05) is 13.8 Å². The highest BCUT2D eigenvalue weighted by Gasteiger charge is 2.33. The van der Waals surface area contributed by atoms with Gasteiger partial charge in [-0.3, -0.25) is 9.59 Å². The highest BCUT2D eigenvalue weighted by molar-refractivity contribution is 5.99. The zero-order valence-corrected chi connectivity index (χ0v) is 15.5. The number of benzene rings is 1. The van der Waals surface area contributed by atoms with Crippen LogP contribution in [0.15, 0.2) is 24.3 Å². The summed E-state index contributed by atoms with van der Waals surface area (Å²) in [6.07, 6.45) is 0.448. The van der Waals surface area contributed by atoms with Gasteiger partial charge in [0.1, 0.15) is 5.54 Å². The fourth-order valence-corrected chi connectivity index (χ4v) is 2.49. The number of hydrogen-bond donors (Lipinski definition) is 4. The van der Waals surface area contributed by atoms with Crippen LogP contribution < -0.4 is 21.7 Å². The summed E-state index contributed by atoms with van der Waals surface area (Å²) in [4.78, 5) is 35.8. The molecule has 0 heterocycles. The van der Waals surface area contributed by atoms with Crippen LogP contribution in [-0.2, 0) is 4.79 Å². The SMILES string of the molecule is CC(C)CC(C)(NC(=O)c1ccc(NC(=O)NC(C)C)cc1)C(N)=O. The molecule has 5 N–H and O–H groups in total. The first kappa shape index (κ1) is 20.5. The summed E-state index contributed by atoms with van der Waals surface area (Å²) in [7, 11) is 0. The lowest BCUT2D eigenvalue weighted by atomic mass is 9.89. The molecular formula is C18H28N4O3. The molecule has 1 atom stereocenters. The number of rotatable bonds is 7. The normalized spacial score (nSPS) is 13.2. The lowest BCUT2D eigenvalue weighted by Crippen LogP contribution is -2.56. The summed E-state index contributed by atoms with van der Waals surface area (Å²) < 4.78 is 0. The maximum Gasteiger partial charge on any atom is 0.319 e. The third-order valence-electron chi connectivity index (χ3n) is 3.57. The Bertz CT molecular complexity index is 626. The fraction of sp³-hybridized carbons (Fsp3) is 0.500. The highest BCUT2D eigenvalue weighted by Crippen LogP contribution is 2.18. The van der Waals surface area contributed by atoms with E-state index in [1.165, 1.54) is 0 Å². The Morgan fingerprint density at radius 3 is 2.08 bits per heavy atom. The van der Waals surface area contributed by atoms with Crippen LogP contribution in [0.4, 0.5) is 10.5 Å². The first-order valence-electron chi connectivity index (χ1n) is 8.33. The van der Waals surface area contributed by atoms with Crippen LogP contribution in [0.5, 0.6) is 0 Å². The molecule has 0 aliphatic rings. The Morgan fingerprint density at radius 1 is 1.08 bits per heavy atom. The first-order chi connectivity index (χ1) is 11.5. The van der Waals surface area contributed by atoms with Crippen molar-refractivity contribution in [2.45, 2.75) is 52.6 Å². The monoisotopic (exact) mass is 348 g/mol. The van der Waals surface area contributed by atoms with Crippen molar-refractivity contribution in [2.24, 2.45) is 11.7 Å². The molecule has 0 aliphatic carbocycles. The Hall–Kier alpha value is -2.57. The molecule has 25 heavy (non-hydrogen) atoms. The number of hydrogen-bond acceptors (Lipinski definition) is 3. The minimum absolute atomic E-state index is 0.0254. The van der Waals surface area contributed by atoms with Gasteiger partial charge in [0.15, 0.2) is 0 Å². The minimum atomic E-state index is -1.11. The quantitative estimate of drug-likeness (QED) is 0.606. The van der Waals surface area contributed by atoms with Crippen molar-refractivity contribution in [3.8, 4) is 0 Å². The minimum Gasteiger partial charge on any atom is -0.368 e. The van der Waals surface area contributed by atoms with Crippen LogP contribution in [0.2, 0.25) is 0 Å². The second-order valence-electron chi connectivity index (χ2n) is 7.08. The Balaban J connectivity index is 2.79. The Morgan fingerprint density at radius 2 is 1.64 bits per heavy atom. The standard InChI is InChI=1S/C18H28N4O3/c1-11(2)10-18(5,16(19)24)22-15(23)13-6-8-14(9-7-13)21-17(25)20-12(3)4/h6-9,11-12H,10H2,1-5H3,(H2,19,24)(H,22,23)(H2,20,21,25). The molecule has 138 valence electrons. The van der Waals surface area contributed by atoms with Crippen molar-refractivity contribution in [2.75, 3.05) is 5.32 Å². The number of nitrogens with two attached hydrogens (primary N) is 1. The summed E-state index contributed by atoms with van der Waals surface area (Å²) in [6.45, 7) is 9.26. The number of primary amides is 1. The fourth-order valence-electron chi connectivity index (χ4n) is 2.49. The number of amides is 4. The zero-order valence-electron chi connectivity index (χ0n) is 15.5. The second-order valence-corrected chi connectivity index (χ2v) is 7.08. The molecule has 0 radical (unpaired) electrons. The van der Waals surface area contributed by atoms with E-state index in [-0.39, 0.29) is 23.9 Å². The topological polar surface area (TPSA) is 113 Å². The molecule has 1 rings (SSSR count). The van der Waals surface area contributed by atoms with Crippen molar-refractivity contribution >= 4 is 23.5 Å². The van der Waals surface area contributed by atoms with Gasteiger partial charge in [-0.2, -0.15) is 0 Å². The van der Waals surface area contributed by atoms with E-state index in [9.17, 15) is 14.4 Å². The third kappa shape index (κ3) is 6.45. The average molecular weight is 348 g/mol. The average Bonchev–Trinajstić information content (AvgIpc) is 2.45. The van der Waals surface area contributed by atoms with Gasteiger partial charge in [-0.05, 0) is 57.4 Å². The summed E-state index contributed by atoms with van der Waals surface area (Å²) >= 11 is 0. The van der Waals surface area contributed by atoms with Gasteiger partial charge >= 0.3 is 6.03 Å². The van der Waals surface area contributed by atoms with E-state index in [2.05, 4.69) is 16.0 Å². The van der Waals surface area contributed by atoms with Gasteiger partial charge in [0.2, 0.25) is 5.91 Å². The summed E-state index contributed by atoms with van der Waals surface area (Å²) in [5, 5.41) is 8.10. The molecule has 7 heteroatoms. The molecule has 0 aliphatic heterocycles. The molecule has 7 nitrogen and oxygen atoms in total.